The monoisotopic (exact) mass is 208 g/mol. The van der Waals surface area contributed by atoms with Gasteiger partial charge in [-0.05, 0) is 30.2 Å². The fourth-order valence-electron chi connectivity index (χ4n) is 2.03. The van der Waals surface area contributed by atoms with E-state index in [1.807, 2.05) is 19.2 Å². The number of hydrogen-bond donors (Lipinski definition) is 0. The molecule has 1 aliphatic rings. The van der Waals surface area contributed by atoms with E-state index < -0.39 is 0 Å². The molecule has 2 heteroatoms. The Balaban J connectivity index is 2.02. The van der Waals surface area contributed by atoms with E-state index in [1.165, 1.54) is 16.7 Å². The quantitative estimate of drug-likeness (QED) is 0.720. The standard InChI is InChI=1S/C14H12N2/c1-10-6-7-15-14(16-10)13-8-11-4-2-3-5-12(11)9-13/h2-8H,9H2,1H3. The third kappa shape index (κ3) is 1.52. The zero-order valence-electron chi connectivity index (χ0n) is 9.14. The zero-order valence-corrected chi connectivity index (χ0v) is 9.14. The van der Waals surface area contributed by atoms with Crippen molar-refractivity contribution < 1.29 is 0 Å². The van der Waals surface area contributed by atoms with Gasteiger partial charge in [-0.1, -0.05) is 24.3 Å². The first-order valence-electron chi connectivity index (χ1n) is 5.41. The molecule has 0 saturated carbocycles. The second-order valence-electron chi connectivity index (χ2n) is 4.07. The molecule has 0 radical (unpaired) electrons. The lowest BCUT2D eigenvalue weighted by Gasteiger charge is -2.00. The highest BCUT2D eigenvalue weighted by Crippen LogP contribution is 2.29. The number of rotatable bonds is 1. The molecule has 0 spiro atoms. The lowest BCUT2D eigenvalue weighted by Crippen LogP contribution is -1.95. The van der Waals surface area contributed by atoms with Gasteiger partial charge in [0, 0.05) is 23.9 Å². The smallest absolute Gasteiger partial charge is 0.155 e. The molecule has 1 aliphatic carbocycles. The average Bonchev–Trinajstić information content (AvgIpc) is 2.72. The Kier molecular flexibility index (Phi) is 2.07. The Morgan fingerprint density at radius 3 is 2.81 bits per heavy atom. The van der Waals surface area contributed by atoms with Crippen LogP contribution in [0.3, 0.4) is 0 Å². The molecule has 0 amide bonds. The Labute approximate surface area is 94.7 Å². The first-order valence-corrected chi connectivity index (χ1v) is 5.41. The van der Waals surface area contributed by atoms with E-state index in [0.717, 1.165) is 17.9 Å². The Morgan fingerprint density at radius 2 is 2.00 bits per heavy atom. The summed E-state index contributed by atoms with van der Waals surface area (Å²) in [6.45, 7) is 1.99. The summed E-state index contributed by atoms with van der Waals surface area (Å²) in [7, 11) is 0. The molecule has 0 unspecified atom stereocenters. The lowest BCUT2D eigenvalue weighted by molar-refractivity contribution is 1.05. The number of aromatic nitrogens is 2. The summed E-state index contributed by atoms with van der Waals surface area (Å²) < 4.78 is 0. The van der Waals surface area contributed by atoms with Crippen molar-refractivity contribution in [3.63, 3.8) is 0 Å². The van der Waals surface area contributed by atoms with Crippen LogP contribution in [0.4, 0.5) is 0 Å². The molecule has 78 valence electrons. The van der Waals surface area contributed by atoms with Crippen LogP contribution in [0.15, 0.2) is 36.5 Å². The summed E-state index contributed by atoms with van der Waals surface area (Å²) in [5.41, 5.74) is 4.89. The van der Waals surface area contributed by atoms with Crippen LogP contribution in [0.2, 0.25) is 0 Å². The van der Waals surface area contributed by atoms with Gasteiger partial charge in [0.05, 0.1) is 0 Å². The van der Waals surface area contributed by atoms with Crippen molar-refractivity contribution in [3.05, 3.63) is 59.2 Å². The number of benzene rings is 1. The van der Waals surface area contributed by atoms with Crippen LogP contribution in [0.1, 0.15) is 22.6 Å². The van der Waals surface area contributed by atoms with Gasteiger partial charge < -0.3 is 0 Å². The van der Waals surface area contributed by atoms with Crippen molar-refractivity contribution in [2.45, 2.75) is 13.3 Å². The largest absolute Gasteiger partial charge is 0.237 e. The van der Waals surface area contributed by atoms with Gasteiger partial charge in [0.1, 0.15) is 0 Å². The molecular formula is C14H12N2. The molecule has 2 nitrogen and oxygen atoms in total. The molecule has 16 heavy (non-hydrogen) atoms. The Morgan fingerprint density at radius 1 is 1.12 bits per heavy atom. The highest BCUT2D eigenvalue weighted by Gasteiger charge is 2.15. The van der Waals surface area contributed by atoms with Crippen molar-refractivity contribution in [3.8, 4) is 0 Å². The maximum absolute atomic E-state index is 4.46. The van der Waals surface area contributed by atoms with Crippen molar-refractivity contribution in [2.75, 3.05) is 0 Å². The summed E-state index contributed by atoms with van der Waals surface area (Å²) in [4.78, 5) is 8.78. The topological polar surface area (TPSA) is 25.8 Å². The predicted octanol–water partition coefficient (Wildman–Crippen LogP) is 2.88. The SMILES string of the molecule is Cc1ccnc(C2=Cc3ccccc3C2)n1. The molecule has 0 atom stereocenters. The van der Waals surface area contributed by atoms with Gasteiger partial charge in [0.15, 0.2) is 5.82 Å². The summed E-state index contributed by atoms with van der Waals surface area (Å²) >= 11 is 0. The van der Waals surface area contributed by atoms with E-state index >= 15 is 0 Å². The number of aryl methyl sites for hydroxylation is 1. The van der Waals surface area contributed by atoms with Crippen LogP contribution in [0, 0.1) is 6.92 Å². The Bertz CT molecular complexity index is 570. The van der Waals surface area contributed by atoms with Crippen LogP contribution < -0.4 is 0 Å². The normalized spacial score (nSPS) is 13.4. The molecule has 0 aliphatic heterocycles. The van der Waals surface area contributed by atoms with Crippen LogP contribution in [-0.2, 0) is 6.42 Å². The third-order valence-corrected chi connectivity index (χ3v) is 2.85. The van der Waals surface area contributed by atoms with E-state index in [-0.39, 0.29) is 0 Å². The number of fused-ring (bicyclic) bond motifs is 1. The number of allylic oxidation sites excluding steroid dienone is 1. The van der Waals surface area contributed by atoms with Gasteiger partial charge in [-0.15, -0.1) is 0 Å². The zero-order chi connectivity index (χ0) is 11.0. The first-order chi connectivity index (χ1) is 7.83. The van der Waals surface area contributed by atoms with E-state index in [9.17, 15) is 0 Å². The van der Waals surface area contributed by atoms with Gasteiger partial charge in [-0.2, -0.15) is 0 Å². The molecule has 3 rings (SSSR count). The molecule has 1 aromatic carbocycles. The second-order valence-corrected chi connectivity index (χ2v) is 4.07. The molecule has 0 saturated heterocycles. The number of hydrogen-bond acceptors (Lipinski definition) is 2. The molecule has 1 aromatic heterocycles. The highest BCUT2D eigenvalue weighted by molar-refractivity contribution is 5.86. The second kappa shape index (κ2) is 3.56. The van der Waals surface area contributed by atoms with Gasteiger partial charge in [0.2, 0.25) is 0 Å². The van der Waals surface area contributed by atoms with Crippen LogP contribution in [0.5, 0.6) is 0 Å². The predicted molar refractivity (Wildman–Crippen MR) is 64.8 cm³/mol. The maximum Gasteiger partial charge on any atom is 0.155 e. The molecule has 0 fully saturated rings. The first kappa shape index (κ1) is 9.28. The van der Waals surface area contributed by atoms with Gasteiger partial charge in [-0.25, -0.2) is 9.97 Å². The van der Waals surface area contributed by atoms with Crippen LogP contribution in [-0.4, -0.2) is 9.97 Å². The van der Waals surface area contributed by atoms with E-state index in [1.54, 1.807) is 0 Å². The minimum Gasteiger partial charge on any atom is -0.237 e. The van der Waals surface area contributed by atoms with E-state index in [2.05, 4.69) is 40.3 Å². The lowest BCUT2D eigenvalue weighted by atomic mass is 10.1. The van der Waals surface area contributed by atoms with E-state index in [0.29, 0.717) is 0 Å². The molecule has 0 N–H and O–H groups in total. The van der Waals surface area contributed by atoms with Crippen molar-refractivity contribution in [2.24, 2.45) is 0 Å². The third-order valence-electron chi connectivity index (χ3n) is 2.85. The van der Waals surface area contributed by atoms with Crippen molar-refractivity contribution in [1.82, 2.24) is 9.97 Å². The van der Waals surface area contributed by atoms with Crippen LogP contribution >= 0.6 is 0 Å². The minimum absolute atomic E-state index is 0.858. The van der Waals surface area contributed by atoms with Crippen LogP contribution in [0.25, 0.3) is 11.6 Å². The fourth-order valence-corrected chi connectivity index (χ4v) is 2.03. The molecule has 2 aromatic rings. The number of nitrogens with zero attached hydrogens (tertiary/aromatic N) is 2. The molecule has 1 heterocycles. The van der Waals surface area contributed by atoms with Gasteiger partial charge in [0.25, 0.3) is 0 Å². The average molecular weight is 208 g/mol. The van der Waals surface area contributed by atoms with Crippen molar-refractivity contribution >= 4 is 11.6 Å². The minimum atomic E-state index is 0.858. The summed E-state index contributed by atoms with van der Waals surface area (Å²) in [5, 5.41) is 0. The Hall–Kier alpha value is -1.96. The highest BCUT2D eigenvalue weighted by atomic mass is 14.9. The van der Waals surface area contributed by atoms with Gasteiger partial charge in [-0.3, -0.25) is 0 Å². The van der Waals surface area contributed by atoms with Crippen molar-refractivity contribution in [1.29, 1.82) is 0 Å². The molecular weight excluding hydrogens is 196 g/mol. The summed E-state index contributed by atoms with van der Waals surface area (Å²) in [5.74, 6) is 0.858. The molecule has 0 bridgehead atoms. The van der Waals surface area contributed by atoms with E-state index in [4.69, 9.17) is 0 Å². The van der Waals surface area contributed by atoms with Gasteiger partial charge >= 0.3 is 0 Å². The maximum atomic E-state index is 4.46. The summed E-state index contributed by atoms with van der Waals surface area (Å²) in [6.07, 6.45) is 4.95. The summed E-state index contributed by atoms with van der Waals surface area (Å²) in [6, 6.07) is 10.4. The fraction of sp³-hybridized carbons (Fsp3) is 0.143.